The Morgan fingerprint density at radius 2 is 2.20 bits per heavy atom. The molecule has 1 atom stereocenters. The second-order valence-electron chi connectivity index (χ2n) is 4.18. The molecule has 0 amide bonds. The molecule has 15 heavy (non-hydrogen) atoms. The molecule has 82 valence electrons. The number of hydrogen-bond acceptors (Lipinski definition) is 1. The summed E-state index contributed by atoms with van der Waals surface area (Å²) in [5.41, 5.74) is 0.977. The second-order valence-corrected chi connectivity index (χ2v) is 4.59. The predicted molar refractivity (Wildman–Crippen MR) is 60.6 cm³/mol. The molecule has 0 spiro atoms. The number of halogens is 2. The first-order valence-corrected chi connectivity index (χ1v) is 5.75. The third kappa shape index (κ3) is 2.50. The Bertz CT molecular complexity index is 349. The molecule has 1 aliphatic rings. The number of benzene rings is 1. The summed E-state index contributed by atoms with van der Waals surface area (Å²) in [7, 11) is 0. The molecule has 2 rings (SSSR count). The molecule has 3 heteroatoms. The average Bonchev–Trinajstić information content (AvgIpc) is 2.11. The highest BCUT2D eigenvalue weighted by molar-refractivity contribution is 6.31. The fraction of sp³-hybridized carbons (Fsp3) is 0.500. The van der Waals surface area contributed by atoms with Crippen LogP contribution in [0.2, 0.25) is 5.02 Å². The Balaban J connectivity index is 2.06. The molecule has 0 heterocycles. The normalized spacial score (nSPS) is 18.6. The van der Waals surface area contributed by atoms with Gasteiger partial charge in [0, 0.05) is 17.1 Å². The Kier molecular flexibility index (Phi) is 3.27. The second kappa shape index (κ2) is 4.50. The quantitative estimate of drug-likeness (QED) is 0.831. The summed E-state index contributed by atoms with van der Waals surface area (Å²) in [5.74, 6) is -0.278. The van der Waals surface area contributed by atoms with Gasteiger partial charge in [0.15, 0.2) is 0 Å². The van der Waals surface area contributed by atoms with E-state index in [1.807, 2.05) is 0 Å². The zero-order valence-electron chi connectivity index (χ0n) is 8.76. The average molecular weight is 228 g/mol. The van der Waals surface area contributed by atoms with Crippen molar-refractivity contribution in [2.24, 2.45) is 0 Å². The minimum atomic E-state index is -0.278. The van der Waals surface area contributed by atoms with Crippen molar-refractivity contribution in [2.75, 3.05) is 0 Å². The Hall–Kier alpha value is -0.600. The first-order chi connectivity index (χ1) is 7.16. The summed E-state index contributed by atoms with van der Waals surface area (Å²) in [6.07, 6.45) is 3.79. The van der Waals surface area contributed by atoms with Crippen LogP contribution in [0.25, 0.3) is 0 Å². The van der Waals surface area contributed by atoms with E-state index in [9.17, 15) is 4.39 Å². The lowest BCUT2D eigenvalue weighted by atomic mass is 9.92. The fourth-order valence-corrected chi connectivity index (χ4v) is 2.20. The van der Waals surface area contributed by atoms with E-state index in [1.54, 1.807) is 6.07 Å². The van der Waals surface area contributed by atoms with Gasteiger partial charge in [-0.15, -0.1) is 0 Å². The van der Waals surface area contributed by atoms with E-state index in [2.05, 4.69) is 12.2 Å². The monoisotopic (exact) mass is 227 g/mol. The number of hydrogen-bond donors (Lipinski definition) is 1. The minimum Gasteiger partial charge on any atom is -0.307 e. The van der Waals surface area contributed by atoms with Crippen LogP contribution in [-0.2, 0) is 0 Å². The first-order valence-electron chi connectivity index (χ1n) is 5.38. The highest BCUT2D eigenvalue weighted by atomic mass is 35.5. The van der Waals surface area contributed by atoms with Crippen LogP contribution in [0.3, 0.4) is 0 Å². The topological polar surface area (TPSA) is 12.0 Å². The van der Waals surface area contributed by atoms with Gasteiger partial charge in [0.25, 0.3) is 0 Å². The summed E-state index contributed by atoms with van der Waals surface area (Å²) >= 11 is 5.99. The van der Waals surface area contributed by atoms with Crippen LogP contribution in [0, 0.1) is 5.82 Å². The van der Waals surface area contributed by atoms with Crippen LogP contribution < -0.4 is 5.32 Å². The van der Waals surface area contributed by atoms with Crippen molar-refractivity contribution in [3.8, 4) is 0 Å². The van der Waals surface area contributed by atoms with E-state index in [1.165, 1.54) is 31.4 Å². The molecule has 1 aromatic carbocycles. The summed E-state index contributed by atoms with van der Waals surface area (Å²) in [4.78, 5) is 0. The largest absolute Gasteiger partial charge is 0.307 e. The van der Waals surface area contributed by atoms with Crippen molar-refractivity contribution < 1.29 is 4.39 Å². The van der Waals surface area contributed by atoms with Crippen molar-refractivity contribution in [3.05, 3.63) is 34.6 Å². The van der Waals surface area contributed by atoms with Gasteiger partial charge in [-0.25, -0.2) is 4.39 Å². The first kappa shape index (κ1) is 10.9. The SMILES string of the molecule is CC(NC1CCC1)c1ccc(F)cc1Cl. The van der Waals surface area contributed by atoms with Crippen LogP contribution in [0.15, 0.2) is 18.2 Å². The Morgan fingerprint density at radius 1 is 1.47 bits per heavy atom. The maximum absolute atomic E-state index is 12.8. The summed E-state index contributed by atoms with van der Waals surface area (Å²) < 4.78 is 12.8. The molecule has 0 bridgehead atoms. The molecule has 1 aromatic rings. The van der Waals surface area contributed by atoms with E-state index in [-0.39, 0.29) is 11.9 Å². The minimum absolute atomic E-state index is 0.198. The van der Waals surface area contributed by atoms with Gasteiger partial charge in [-0.2, -0.15) is 0 Å². The van der Waals surface area contributed by atoms with E-state index in [0.29, 0.717) is 11.1 Å². The fourth-order valence-electron chi connectivity index (χ4n) is 1.87. The third-order valence-electron chi connectivity index (χ3n) is 3.02. The molecule has 1 N–H and O–H groups in total. The van der Waals surface area contributed by atoms with Gasteiger partial charge in [-0.3, -0.25) is 0 Å². The van der Waals surface area contributed by atoms with Crippen molar-refractivity contribution in [1.82, 2.24) is 5.32 Å². The van der Waals surface area contributed by atoms with Crippen LogP contribution in [0.1, 0.15) is 37.8 Å². The van der Waals surface area contributed by atoms with E-state index < -0.39 is 0 Å². The van der Waals surface area contributed by atoms with Gasteiger partial charge in [0.2, 0.25) is 0 Å². The van der Waals surface area contributed by atoms with Gasteiger partial charge in [0.05, 0.1) is 0 Å². The lowest BCUT2D eigenvalue weighted by molar-refractivity contribution is 0.313. The van der Waals surface area contributed by atoms with Crippen molar-refractivity contribution >= 4 is 11.6 Å². The summed E-state index contributed by atoms with van der Waals surface area (Å²) in [5, 5.41) is 3.99. The van der Waals surface area contributed by atoms with E-state index in [0.717, 1.165) is 5.56 Å². The van der Waals surface area contributed by atoms with E-state index in [4.69, 9.17) is 11.6 Å². The molecule has 0 radical (unpaired) electrons. The molecular formula is C12H15ClFN. The van der Waals surface area contributed by atoms with Crippen molar-refractivity contribution in [3.63, 3.8) is 0 Å². The highest BCUT2D eigenvalue weighted by Gasteiger charge is 2.20. The molecular weight excluding hydrogens is 213 g/mol. The van der Waals surface area contributed by atoms with Crippen LogP contribution in [0.5, 0.6) is 0 Å². The molecule has 1 fully saturated rings. The molecule has 1 unspecified atom stereocenters. The smallest absolute Gasteiger partial charge is 0.124 e. The van der Waals surface area contributed by atoms with E-state index >= 15 is 0 Å². The zero-order valence-corrected chi connectivity index (χ0v) is 9.52. The summed E-state index contributed by atoms with van der Waals surface area (Å²) in [6.45, 7) is 2.07. The lowest BCUT2D eigenvalue weighted by Crippen LogP contribution is -2.36. The molecule has 1 aliphatic carbocycles. The van der Waals surface area contributed by atoms with Gasteiger partial charge in [-0.1, -0.05) is 24.1 Å². The van der Waals surface area contributed by atoms with Crippen LogP contribution >= 0.6 is 11.6 Å². The van der Waals surface area contributed by atoms with Crippen LogP contribution in [-0.4, -0.2) is 6.04 Å². The summed E-state index contributed by atoms with van der Waals surface area (Å²) in [6, 6.07) is 5.40. The van der Waals surface area contributed by atoms with Gasteiger partial charge >= 0.3 is 0 Å². The maximum Gasteiger partial charge on any atom is 0.124 e. The molecule has 0 aliphatic heterocycles. The van der Waals surface area contributed by atoms with Crippen molar-refractivity contribution in [2.45, 2.75) is 38.3 Å². The highest BCUT2D eigenvalue weighted by Crippen LogP contribution is 2.27. The van der Waals surface area contributed by atoms with Crippen LogP contribution in [0.4, 0.5) is 4.39 Å². The van der Waals surface area contributed by atoms with Gasteiger partial charge in [0.1, 0.15) is 5.82 Å². The molecule has 0 aromatic heterocycles. The van der Waals surface area contributed by atoms with Crippen molar-refractivity contribution in [1.29, 1.82) is 0 Å². The Morgan fingerprint density at radius 3 is 2.73 bits per heavy atom. The molecule has 1 saturated carbocycles. The lowest BCUT2D eigenvalue weighted by Gasteiger charge is -2.30. The number of nitrogens with one attached hydrogen (secondary N) is 1. The standard InChI is InChI=1S/C12H15ClFN/c1-8(15-10-3-2-4-10)11-6-5-9(14)7-12(11)13/h5-8,10,15H,2-4H2,1H3. The van der Waals surface area contributed by atoms with Gasteiger partial charge in [-0.05, 0) is 37.5 Å². The molecule has 0 saturated heterocycles. The zero-order chi connectivity index (χ0) is 10.8. The maximum atomic E-state index is 12.8. The third-order valence-corrected chi connectivity index (χ3v) is 3.35. The predicted octanol–water partition coefficient (Wildman–Crippen LogP) is 3.68. The Labute approximate surface area is 94.6 Å². The molecule has 1 nitrogen and oxygen atoms in total. The van der Waals surface area contributed by atoms with Gasteiger partial charge < -0.3 is 5.32 Å². The number of rotatable bonds is 3.